The Balaban J connectivity index is 2.72. The molecule has 0 spiro atoms. The number of carbonyl (C=O) groups is 1. The van der Waals surface area contributed by atoms with Crippen molar-refractivity contribution >= 4 is 5.78 Å². The van der Waals surface area contributed by atoms with E-state index in [0.717, 1.165) is 0 Å². The van der Waals surface area contributed by atoms with E-state index in [-0.39, 0.29) is 51.4 Å². The van der Waals surface area contributed by atoms with Gasteiger partial charge in [0, 0.05) is 11.1 Å². The number of phenolic OH excluding ortho intramolecular Hbond substituents is 2. The van der Waals surface area contributed by atoms with Crippen LogP contribution in [0.3, 0.4) is 0 Å². The third-order valence-electron chi connectivity index (χ3n) is 4.27. The highest BCUT2D eigenvalue weighted by Gasteiger charge is 2.27. The first-order valence-electron chi connectivity index (χ1n) is 12.1. The van der Waals surface area contributed by atoms with Crippen molar-refractivity contribution in [1.82, 2.24) is 0 Å². The third-order valence-corrected chi connectivity index (χ3v) is 4.27. The predicted octanol–water partition coefficient (Wildman–Crippen LogP) is 7.04. The van der Waals surface area contributed by atoms with Crippen LogP contribution < -0.4 is 18.9 Å². The highest BCUT2D eigenvalue weighted by atomic mass is 16.5. The summed E-state index contributed by atoms with van der Waals surface area (Å²) in [6.45, 7) is 22.1. The molecule has 0 bridgehead atoms. The summed E-state index contributed by atoms with van der Waals surface area (Å²) in [5.74, 6) is -0.240. The van der Waals surface area contributed by atoms with E-state index in [1.54, 1.807) is 0 Å². The number of ketones is 1. The van der Waals surface area contributed by atoms with E-state index < -0.39 is 22.4 Å². The minimum Gasteiger partial charge on any atom is -0.502 e. The molecule has 0 amide bonds. The minimum atomic E-state index is -0.627. The molecule has 2 aromatic carbocycles. The van der Waals surface area contributed by atoms with Crippen LogP contribution in [0.25, 0.3) is 0 Å². The standard InChI is InChI=1S/C29H42O7/c1-26(2,3)33-19-13-17(14-20(24(19)31)34-27(4,5)6)23(30)18-15-21(35-28(7,8)9)25(32)22(16-18)36-29(10,11)12/h13-16,31-32H,1-12H3. The Bertz CT molecular complexity index is 943. The van der Waals surface area contributed by atoms with Crippen LogP contribution in [0, 0.1) is 0 Å². The summed E-state index contributed by atoms with van der Waals surface area (Å²) in [4.78, 5) is 13.8. The van der Waals surface area contributed by atoms with E-state index in [0.29, 0.717) is 0 Å². The van der Waals surface area contributed by atoms with E-state index >= 15 is 0 Å². The maximum absolute atomic E-state index is 13.8. The lowest BCUT2D eigenvalue weighted by Gasteiger charge is -2.27. The molecule has 0 saturated carbocycles. The molecule has 0 aliphatic heterocycles. The number of hydrogen-bond donors (Lipinski definition) is 2. The Morgan fingerprint density at radius 1 is 0.500 bits per heavy atom. The van der Waals surface area contributed by atoms with Gasteiger partial charge in [-0.15, -0.1) is 0 Å². The highest BCUT2D eigenvalue weighted by molar-refractivity contribution is 6.10. The molecule has 7 heteroatoms. The zero-order chi connectivity index (χ0) is 27.9. The molecule has 0 atom stereocenters. The van der Waals surface area contributed by atoms with Crippen LogP contribution in [0.4, 0.5) is 0 Å². The van der Waals surface area contributed by atoms with E-state index in [4.69, 9.17) is 18.9 Å². The van der Waals surface area contributed by atoms with Gasteiger partial charge in [0.2, 0.25) is 11.5 Å². The second kappa shape index (κ2) is 9.75. The number of benzene rings is 2. The van der Waals surface area contributed by atoms with Crippen LogP contribution in [-0.2, 0) is 0 Å². The molecular formula is C29H42O7. The molecule has 0 radical (unpaired) electrons. The Hall–Kier alpha value is -3.09. The Morgan fingerprint density at radius 3 is 0.861 bits per heavy atom. The van der Waals surface area contributed by atoms with Crippen molar-refractivity contribution < 1.29 is 34.0 Å². The van der Waals surface area contributed by atoms with Gasteiger partial charge in [0.15, 0.2) is 28.8 Å². The van der Waals surface area contributed by atoms with E-state index in [1.807, 2.05) is 83.1 Å². The summed E-state index contributed by atoms with van der Waals surface area (Å²) in [6, 6.07) is 5.94. The third kappa shape index (κ3) is 8.54. The average molecular weight is 503 g/mol. The fourth-order valence-corrected chi connectivity index (χ4v) is 3.22. The first-order valence-corrected chi connectivity index (χ1v) is 12.1. The molecular weight excluding hydrogens is 460 g/mol. The number of carbonyl (C=O) groups excluding carboxylic acids is 1. The molecule has 0 fully saturated rings. The maximum Gasteiger partial charge on any atom is 0.200 e. The summed E-state index contributed by atoms with van der Waals surface area (Å²) in [7, 11) is 0. The van der Waals surface area contributed by atoms with Gasteiger partial charge in [0.05, 0.1) is 0 Å². The summed E-state index contributed by atoms with van der Waals surface area (Å²) in [5, 5.41) is 21.7. The van der Waals surface area contributed by atoms with Gasteiger partial charge in [0.1, 0.15) is 22.4 Å². The molecule has 0 aliphatic carbocycles. The Labute approximate surface area is 215 Å². The number of aromatic hydroxyl groups is 2. The van der Waals surface area contributed by atoms with Gasteiger partial charge < -0.3 is 29.2 Å². The molecule has 7 nitrogen and oxygen atoms in total. The topological polar surface area (TPSA) is 94.5 Å². The molecule has 0 aliphatic rings. The van der Waals surface area contributed by atoms with Crippen LogP contribution >= 0.6 is 0 Å². The lowest BCUT2D eigenvalue weighted by atomic mass is 10.0. The summed E-state index contributed by atoms with van der Waals surface area (Å²) in [5.41, 5.74) is -2.03. The first kappa shape index (κ1) is 29.1. The van der Waals surface area contributed by atoms with E-state index in [2.05, 4.69) is 0 Å². The van der Waals surface area contributed by atoms with Crippen LogP contribution in [0.2, 0.25) is 0 Å². The smallest absolute Gasteiger partial charge is 0.200 e. The number of ether oxygens (including phenoxy) is 4. The average Bonchev–Trinajstić information content (AvgIpc) is 2.63. The molecule has 2 N–H and O–H groups in total. The van der Waals surface area contributed by atoms with E-state index in [1.165, 1.54) is 24.3 Å². The molecule has 0 saturated heterocycles. The minimum absolute atomic E-state index is 0.128. The van der Waals surface area contributed by atoms with Crippen molar-refractivity contribution in [2.45, 2.75) is 105 Å². The fourth-order valence-electron chi connectivity index (χ4n) is 3.22. The van der Waals surface area contributed by atoms with Gasteiger partial charge in [-0.1, -0.05) is 0 Å². The van der Waals surface area contributed by atoms with Crippen molar-refractivity contribution in [1.29, 1.82) is 0 Å². The fraction of sp³-hybridized carbons (Fsp3) is 0.552. The van der Waals surface area contributed by atoms with Crippen molar-refractivity contribution in [3.05, 3.63) is 35.4 Å². The normalized spacial score (nSPS) is 12.8. The van der Waals surface area contributed by atoms with Gasteiger partial charge in [-0.25, -0.2) is 0 Å². The van der Waals surface area contributed by atoms with Crippen molar-refractivity contribution in [2.24, 2.45) is 0 Å². The molecule has 0 heterocycles. The van der Waals surface area contributed by atoms with Crippen LogP contribution in [0.5, 0.6) is 34.5 Å². The zero-order valence-corrected chi connectivity index (χ0v) is 23.7. The van der Waals surface area contributed by atoms with Crippen molar-refractivity contribution in [3.8, 4) is 34.5 Å². The van der Waals surface area contributed by atoms with Crippen LogP contribution in [0.15, 0.2) is 24.3 Å². The van der Waals surface area contributed by atoms with Gasteiger partial charge in [0.25, 0.3) is 0 Å². The van der Waals surface area contributed by atoms with Crippen molar-refractivity contribution in [2.75, 3.05) is 0 Å². The molecule has 0 unspecified atom stereocenters. The quantitative estimate of drug-likeness (QED) is 0.409. The first-order chi connectivity index (χ1) is 16.0. The molecule has 36 heavy (non-hydrogen) atoms. The lowest BCUT2D eigenvalue weighted by molar-refractivity contribution is 0.100. The molecule has 200 valence electrons. The second-order valence-corrected chi connectivity index (χ2v) is 12.8. The van der Waals surface area contributed by atoms with Gasteiger partial charge in [-0.05, 0) is 107 Å². The van der Waals surface area contributed by atoms with Gasteiger partial charge >= 0.3 is 0 Å². The van der Waals surface area contributed by atoms with Crippen LogP contribution in [-0.4, -0.2) is 38.4 Å². The van der Waals surface area contributed by atoms with Crippen LogP contribution in [0.1, 0.15) is 99.0 Å². The van der Waals surface area contributed by atoms with E-state index in [9.17, 15) is 15.0 Å². The zero-order valence-electron chi connectivity index (χ0n) is 23.7. The Morgan fingerprint density at radius 2 is 0.694 bits per heavy atom. The second-order valence-electron chi connectivity index (χ2n) is 12.8. The number of phenols is 2. The maximum atomic E-state index is 13.8. The molecule has 2 aromatic rings. The summed E-state index contributed by atoms with van der Waals surface area (Å²) >= 11 is 0. The summed E-state index contributed by atoms with van der Waals surface area (Å²) in [6.07, 6.45) is 0. The largest absolute Gasteiger partial charge is 0.502 e. The lowest BCUT2D eigenvalue weighted by Crippen LogP contribution is -2.25. The SMILES string of the molecule is CC(C)(C)Oc1cc(C(=O)c2cc(OC(C)(C)C)c(O)c(OC(C)(C)C)c2)cc(OC(C)(C)C)c1O. The highest BCUT2D eigenvalue weighted by Crippen LogP contribution is 2.44. The number of hydrogen-bond acceptors (Lipinski definition) is 7. The van der Waals surface area contributed by atoms with Gasteiger partial charge in [-0.2, -0.15) is 0 Å². The van der Waals surface area contributed by atoms with Crippen molar-refractivity contribution in [3.63, 3.8) is 0 Å². The molecule has 2 rings (SSSR count). The number of rotatable bonds is 6. The summed E-state index contributed by atoms with van der Waals surface area (Å²) < 4.78 is 23.8. The Kier molecular flexibility index (Phi) is 7.90. The molecule has 0 aromatic heterocycles. The monoisotopic (exact) mass is 502 g/mol. The predicted molar refractivity (Wildman–Crippen MR) is 141 cm³/mol. The van der Waals surface area contributed by atoms with Gasteiger partial charge in [-0.3, -0.25) is 4.79 Å².